The zero-order valence-electron chi connectivity index (χ0n) is 18.9. The molecule has 1 nitrogen and oxygen atoms in total. The molecule has 4 atom stereocenters. The molecular weight excluding hydrogens is 402 g/mol. The van der Waals surface area contributed by atoms with Crippen molar-refractivity contribution in [2.24, 2.45) is 17.8 Å². The molecule has 2 saturated carbocycles. The molecule has 2 aromatic rings. The molecule has 0 spiro atoms. The van der Waals surface area contributed by atoms with Gasteiger partial charge in [-0.15, -0.1) is 6.58 Å². The third-order valence-corrected chi connectivity index (χ3v) is 7.44. The normalized spacial score (nSPS) is 24.7. The van der Waals surface area contributed by atoms with Crippen LogP contribution in [-0.4, -0.2) is 7.11 Å². The van der Waals surface area contributed by atoms with Crippen LogP contribution in [0.1, 0.15) is 74.0 Å². The minimum atomic E-state index is -0.453. The molecule has 0 radical (unpaired) electrons. The van der Waals surface area contributed by atoms with Crippen molar-refractivity contribution in [2.75, 3.05) is 7.11 Å². The Kier molecular flexibility index (Phi) is 7.30. The fourth-order valence-corrected chi connectivity index (χ4v) is 5.71. The second-order valence-electron chi connectivity index (χ2n) is 9.41. The van der Waals surface area contributed by atoms with Crippen LogP contribution in [-0.2, 0) is 0 Å². The maximum atomic E-state index is 15.0. The van der Waals surface area contributed by atoms with Crippen LogP contribution in [0.15, 0.2) is 49.1 Å². The molecule has 32 heavy (non-hydrogen) atoms. The number of hydrogen-bond donors (Lipinski definition) is 0. The smallest absolute Gasteiger partial charge is 0.166 e. The van der Waals surface area contributed by atoms with Gasteiger partial charge in [-0.2, -0.15) is 0 Å². The summed E-state index contributed by atoms with van der Waals surface area (Å²) in [4.78, 5) is 0. The molecule has 4 unspecified atom stereocenters. The van der Waals surface area contributed by atoms with Crippen molar-refractivity contribution in [3.8, 4) is 17.6 Å². The molecule has 0 bridgehead atoms. The fourth-order valence-electron chi connectivity index (χ4n) is 5.71. The molecular formula is C29H32F2O. The first kappa shape index (κ1) is 22.6. The van der Waals surface area contributed by atoms with E-state index in [1.165, 1.54) is 51.3 Å². The summed E-state index contributed by atoms with van der Waals surface area (Å²) in [5, 5.41) is 0. The summed E-state index contributed by atoms with van der Waals surface area (Å²) in [6, 6.07) is 9.91. The Morgan fingerprint density at radius 2 is 1.62 bits per heavy atom. The van der Waals surface area contributed by atoms with Gasteiger partial charge >= 0.3 is 0 Å². The van der Waals surface area contributed by atoms with Crippen LogP contribution in [0.4, 0.5) is 8.78 Å². The van der Waals surface area contributed by atoms with Gasteiger partial charge in [-0.1, -0.05) is 30.4 Å². The largest absolute Gasteiger partial charge is 0.494 e. The predicted molar refractivity (Wildman–Crippen MR) is 126 cm³/mol. The molecule has 0 amide bonds. The Labute approximate surface area is 190 Å². The first-order chi connectivity index (χ1) is 15.6. The Bertz CT molecular complexity index is 1020. The lowest BCUT2D eigenvalue weighted by molar-refractivity contribution is 0.114. The van der Waals surface area contributed by atoms with E-state index in [2.05, 4.69) is 18.4 Å². The van der Waals surface area contributed by atoms with Crippen molar-refractivity contribution in [1.29, 1.82) is 0 Å². The molecule has 0 heterocycles. The molecule has 3 heteroatoms. The van der Waals surface area contributed by atoms with Gasteiger partial charge in [0.05, 0.1) is 7.11 Å². The lowest BCUT2D eigenvalue weighted by atomic mass is 9.63. The number of hydrogen-bond acceptors (Lipinski definition) is 1. The van der Waals surface area contributed by atoms with E-state index < -0.39 is 5.82 Å². The molecule has 4 rings (SSSR count). The van der Waals surface area contributed by atoms with Crippen molar-refractivity contribution >= 4 is 0 Å². The predicted octanol–water partition coefficient (Wildman–Crippen LogP) is 7.64. The van der Waals surface area contributed by atoms with E-state index in [9.17, 15) is 8.78 Å². The topological polar surface area (TPSA) is 9.23 Å². The van der Waals surface area contributed by atoms with Crippen LogP contribution in [0.2, 0.25) is 0 Å². The zero-order chi connectivity index (χ0) is 22.5. The highest BCUT2D eigenvalue weighted by Gasteiger charge is 2.36. The van der Waals surface area contributed by atoms with Gasteiger partial charge in [-0.3, -0.25) is 0 Å². The molecule has 0 saturated heterocycles. The van der Waals surface area contributed by atoms with Gasteiger partial charge in [0, 0.05) is 11.1 Å². The van der Waals surface area contributed by atoms with Crippen LogP contribution in [0, 0.1) is 41.2 Å². The van der Waals surface area contributed by atoms with E-state index in [1.807, 2.05) is 18.2 Å². The molecule has 2 aliphatic rings. The molecule has 2 aromatic carbocycles. The molecule has 0 N–H and O–H groups in total. The number of halogens is 2. The van der Waals surface area contributed by atoms with Crippen molar-refractivity contribution in [3.63, 3.8) is 0 Å². The van der Waals surface area contributed by atoms with E-state index in [0.717, 1.165) is 42.6 Å². The first-order valence-electron chi connectivity index (χ1n) is 11.8. The molecule has 2 fully saturated rings. The monoisotopic (exact) mass is 434 g/mol. The third kappa shape index (κ3) is 5.23. The van der Waals surface area contributed by atoms with Gasteiger partial charge in [-0.25, -0.2) is 8.78 Å². The van der Waals surface area contributed by atoms with E-state index in [-0.39, 0.29) is 11.6 Å². The number of benzene rings is 2. The number of allylic oxidation sites excluding steroid dienone is 1. The van der Waals surface area contributed by atoms with E-state index >= 15 is 0 Å². The van der Waals surface area contributed by atoms with Gasteiger partial charge < -0.3 is 4.74 Å². The number of methoxy groups -OCH3 is 1. The van der Waals surface area contributed by atoms with Gasteiger partial charge in [0.25, 0.3) is 0 Å². The van der Waals surface area contributed by atoms with Gasteiger partial charge in [0.2, 0.25) is 0 Å². The minimum absolute atomic E-state index is 0.166. The Morgan fingerprint density at radius 1 is 0.938 bits per heavy atom. The summed E-state index contributed by atoms with van der Waals surface area (Å²) in [7, 11) is 1.43. The van der Waals surface area contributed by atoms with Crippen molar-refractivity contribution < 1.29 is 13.5 Å². The van der Waals surface area contributed by atoms with Crippen molar-refractivity contribution in [2.45, 2.75) is 57.3 Å². The molecule has 168 valence electrons. The molecule has 0 aromatic heterocycles. The van der Waals surface area contributed by atoms with E-state index in [1.54, 1.807) is 12.1 Å². The summed E-state index contributed by atoms with van der Waals surface area (Å²) in [5.41, 5.74) is 1.98. The minimum Gasteiger partial charge on any atom is -0.494 e. The maximum absolute atomic E-state index is 15.0. The average Bonchev–Trinajstić information content (AvgIpc) is 2.81. The van der Waals surface area contributed by atoms with E-state index in [4.69, 9.17) is 4.74 Å². The zero-order valence-corrected chi connectivity index (χ0v) is 18.9. The standard InChI is InChI=1S/C29H32F2O/c1-3-4-5-20-8-11-24-19-25(13-12-23(24)16-20)26-14-9-21(17-27(26)30)6-7-22-10-15-29(32-2)28(31)18-22/h3,9-10,14-15,17-18,20,23-25H,1,4-5,8,11-13,16,19H2,2H3. The van der Waals surface area contributed by atoms with Gasteiger partial charge in [0.1, 0.15) is 5.82 Å². The van der Waals surface area contributed by atoms with Gasteiger partial charge in [-0.05, 0) is 105 Å². The SMILES string of the molecule is C=CCCC1CCC2CC(c3ccc(C#Cc4ccc(OC)c(F)c4)cc3F)CCC2C1. The summed E-state index contributed by atoms with van der Waals surface area (Å²) >= 11 is 0. The lowest BCUT2D eigenvalue weighted by Gasteiger charge is -2.42. The first-order valence-corrected chi connectivity index (χ1v) is 11.8. The highest BCUT2D eigenvalue weighted by atomic mass is 19.1. The number of rotatable bonds is 5. The third-order valence-electron chi connectivity index (χ3n) is 7.44. The summed E-state index contributed by atoms with van der Waals surface area (Å²) in [6.07, 6.45) is 11.8. The van der Waals surface area contributed by atoms with Crippen LogP contribution < -0.4 is 4.74 Å². The van der Waals surface area contributed by atoms with Crippen LogP contribution in [0.3, 0.4) is 0 Å². The Morgan fingerprint density at radius 3 is 2.31 bits per heavy atom. The summed E-state index contributed by atoms with van der Waals surface area (Å²) in [5.74, 6) is 8.14. The second-order valence-corrected chi connectivity index (χ2v) is 9.41. The van der Waals surface area contributed by atoms with Crippen molar-refractivity contribution in [3.05, 3.63) is 77.4 Å². The van der Waals surface area contributed by atoms with Crippen LogP contribution in [0.5, 0.6) is 5.75 Å². The number of ether oxygens (including phenoxy) is 1. The van der Waals surface area contributed by atoms with Crippen LogP contribution in [0.25, 0.3) is 0 Å². The van der Waals surface area contributed by atoms with Crippen molar-refractivity contribution in [1.82, 2.24) is 0 Å². The average molecular weight is 435 g/mol. The van der Waals surface area contributed by atoms with E-state index in [0.29, 0.717) is 17.0 Å². The Balaban J connectivity index is 1.40. The summed E-state index contributed by atoms with van der Waals surface area (Å²) in [6.45, 7) is 3.86. The van der Waals surface area contributed by atoms with Crippen LogP contribution >= 0.6 is 0 Å². The fraction of sp³-hybridized carbons (Fsp3) is 0.448. The maximum Gasteiger partial charge on any atom is 0.166 e. The summed E-state index contributed by atoms with van der Waals surface area (Å²) < 4.78 is 33.8. The molecule has 0 aliphatic heterocycles. The molecule has 2 aliphatic carbocycles. The Hall–Kier alpha value is -2.60. The highest BCUT2D eigenvalue weighted by molar-refractivity contribution is 5.46. The highest BCUT2D eigenvalue weighted by Crippen LogP contribution is 2.48. The quantitative estimate of drug-likeness (QED) is 0.347. The lowest BCUT2D eigenvalue weighted by Crippen LogP contribution is -2.30. The van der Waals surface area contributed by atoms with Gasteiger partial charge in [0.15, 0.2) is 11.6 Å². The number of fused-ring (bicyclic) bond motifs is 1. The second kappa shape index (κ2) is 10.3.